The molecule has 1 heterocycles. The molecule has 4 heteroatoms. The van der Waals surface area contributed by atoms with E-state index in [4.69, 9.17) is 5.11 Å². The van der Waals surface area contributed by atoms with E-state index in [-0.39, 0.29) is 5.78 Å². The van der Waals surface area contributed by atoms with Gasteiger partial charge in [0.25, 0.3) is 0 Å². The third-order valence-corrected chi connectivity index (χ3v) is 2.34. The van der Waals surface area contributed by atoms with Gasteiger partial charge in [0.15, 0.2) is 5.78 Å². The van der Waals surface area contributed by atoms with Crippen molar-refractivity contribution in [1.82, 2.24) is 4.57 Å². The molecule has 4 nitrogen and oxygen atoms in total. The average Bonchev–Trinajstić information content (AvgIpc) is 2.45. The highest BCUT2D eigenvalue weighted by Crippen LogP contribution is 2.18. The van der Waals surface area contributed by atoms with Crippen LogP contribution in [0.2, 0.25) is 0 Å². The number of ketones is 1. The van der Waals surface area contributed by atoms with Crippen molar-refractivity contribution in [3.8, 4) is 0 Å². The van der Waals surface area contributed by atoms with Gasteiger partial charge in [-0.15, -0.1) is 0 Å². The fourth-order valence-electron chi connectivity index (χ4n) is 1.44. The molecular weight excluding hydrogens is 182 g/mol. The molecule has 0 radical (unpaired) electrons. The van der Waals surface area contributed by atoms with E-state index in [0.717, 1.165) is 0 Å². The van der Waals surface area contributed by atoms with Crippen LogP contribution in [0.25, 0.3) is 0 Å². The second-order valence-corrected chi connectivity index (χ2v) is 3.32. The largest absolute Gasteiger partial charge is 0.481 e. The fourth-order valence-corrected chi connectivity index (χ4v) is 1.44. The first kappa shape index (κ1) is 10.5. The Bertz CT molecular complexity index is 379. The summed E-state index contributed by atoms with van der Waals surface area (Å²) >= 11 is 0. The normalized spacial score (nSPS) is 12.5. The second-order valence-electron chi connectivity index (χ2n) is 3.32. The molecule has 0 aliphatic heterocycles. The van der Waals surface area contributed by atoms with Crippen LogP contribution in [0.1, 0.15) is 35.9 Å². The van der Waals surface area contributed by atoms with Crippen molar-refractivity contribution < 1.29 is 14.7 Å². The summed E-state index contributed by atoms with van der Waals surface area (Å²) in [5.74, 6) is -1.54. The van der Waals surface area contributed by atoms with Crippen molar-refractivity contribution in [3.63, 3.8) is 0 Å². The van der Waals surface area contributed by atoms with Crippen molar-refractivity contribution in [2.24, 2.45) is 7.05 Å². The number of nitrogens with zero attached hydrogens (tertiary/aromatic N) is 1. The quantitative estimate of drug-likeness (QED) is 0.742. The molecule has 0 aliphatic carbocycles. The highest BCUT2D eigenvalue weighted by Gasteiger charge is 2.18. The number of carbonyl (C=O) groups excluding carboxylic acids is 1. The van der Waals surface area contributed by atoms with Gasteiger partial charge in [-0.3, -0.25) is 9.59 Å². The lowest BCUT2D eigenvalue weighted by Crippen LogP contribution is -2.13. The van der Waals surface area contributed by atoms with Gasteiger partial charge in [0.05, 0.1) is 11.6 Å². The van der Waals surface area contributed by atoms with Crippen LogP contribution >= 0.6 is 0 Å². The number of aliphatic carboxylic acids is 1. The molecule has 1 N–H and O–H groups in total. The number of carboxylic acids is 1. The summed E-state index contributed by atoms with van der Waals surface area (Å²) in [6.45, 7) is 3.06. The maximum absolute atomic E-state index is 11.1. The molecule has 1 aromatic heterocycles. The lowest BCUT2D eigenvalue weighted by atomic mass is 10.1. The third-order valence-electron chi connectivity index (χ3n) is 2.34. The molecule has 1 rings (SSSR count). The van der Waals surface area contributed by atoms with Crippen LogP contribution in [0.5, 0.6) is 0 Å². The highest BCUT2D eigenvalue weighted by atomic mass is 16.4. The molecule has 14 heavy (non-hydrogen) atoms. The number of hydrogen-bond acceptors (Lipinski definition) is 2. The molecule has 1 atom stereocenters. The molecule has 0 amide bonds. The van der Waals surface area contributed by atoms with Gasteiger partial charge in [-0.2, -0.15) is 0 Å². The van der Waals surface area contributed by atoms with E-state index < -0.39 is 11.9 Å². The molecule has 1 unspecified atom stereocenters. The maximum atomic E-state index is 11.1. The summed E-state index contributed by atoms with van der Waals surface area (Å²) in [4.78, 5) is 21.8. The Morgan fingerprint density at radius 3 is 2.36 bits per heavy atom. The first-order chi connectivity index (χ1) is 6.45. The van der Waals surface area contributed by atoms with Gasteiger partial charge in [-0.1, -0.05) is 0 Å². The lowest BCUT2D eigenvalue weighted by Gasteiger charge is -2.09. The number of Topliss-reactive ketones (excluding diaryl/α,β-unsaturated/α-hetero) is 1. The fraction of sp³-hybridized carbons (Fsp3) is 0.400. The van der Waals surface area contributed by atoms with Crippen LogP contribution in [0.15, 0.2) is 12.1 Å². The zero-order valence-corrected chi connectivity index (χ0v) is 8.44. The van der Waals surface area contributed by atoms with E-state index in [1.165, 1.54) is 6.92 Å². The molecule has 0 saturated heterocycles. The first-order valence-corrected chi connectivity index (χ1v) is 4.34. The van der Waals surface area contributed by atoms with Crippen LogP contribution in [-0.2, 0) is 11.8 Å². The second kappa shape index (κ2) is 3.65. The molecule has 0 fully saturated rings. The van der Waals surface area contributed by atoms with Gasteiger partial charge in [-0.05, 0) is 19.1 Å². The van der Waals surface area contributed by atoms with Gasteiger partial charge >= 0.3 is 5.97 Å². The standard InChI is InChI=1S/C10H13NO3/c1-6(10(13)14)8-4-5-9(7(2)12)11(8)3/h4-6H,1-3H3,(H,13,14). The molecule has 0 aromatic carbocycles. The molecular formula is C10H13NO3. The maximum Gasteiger partial charge on any atom is 0.312 e. The summed E-state index contributed by atoms with van der Waals surface area (Å²) in [7, 11) is 1.70. The van der Waals surface area contributed by atoms with E-state index >= 15 is 0 Å². The van der Waals surface area contributed by atoms with E-state index in [1.54, 1.807) is 30.7 Å². The van der Waals surface area contributed by atoms with Crippen LogP contribution in [0, 0.1) is 0 Å². The van der Waals surface area contributed by atoms with Crippen molar-refractivity contribution in [1.29, 1.82) is 0 Å². The van der Waals surface area contributed by atoms with Gasteiger partial charge in [0.2, 0.25) is 0 Å². The van der Waals surface area contributed by atoms with Crippen LogP contribution in [0.4, 0.5) is 0 Å². The first-order valence-electron chi connectivity index (χ1n) is 4.34. The van der Waals surface area contributed by atoms with Crippen molar-refractivity contribution in [2.75, 3.05) is 0 Å². The lowest BCUT2D eigenvalue weighted by molar-refractivity contribution is -0.138. The summed E-state index contributed by atoms with van der Waals surface area (Å²) in [6, 6.07) is 3.33. The Kier molecular flexibility index (Phi) is 2.74. The van der Waals surface area contributed by atoms with E-state index in [9.17, 15) is 9.59 Å². The summed E-state index contributed by atoms with van der Waals surface area (Å²) in [5.41, 5.74) is 1.18. The molecule has 0 aliphatic rings. The van der Waals surface area contributed by atoms with Gasteiger partial charge < -0.3 is 9.67 Å². The van der Waals surface area contributed by atoms with Gasteiger partial charge in [-0.25, -0.2) is 0 Å². The number of carboxylic acid groups (broad SMARTS) is 1. The minimum absolute atomic E-state index is 0.0589. The third kappa shape index (κ3) is 1.69. The molecule has 0 saturated carbocycles. The Balaban J connectivity index is 3.13. The van der Waals surface area contributed by atoms with E-state index in [1.807, 2.05) is 0 Å². The monoisotopic (exact) mass is 195 g/mol. The van der Waals surface area contributed by atoms with Gasteiger partial charge in [0, 0.05) is 19.7 Å². The number of hydrogen-bond donors (Lipinski definition) is 1. The smallest absolute Gasteiger partial charge is 0.312 e. The minimum atomic E-state index is -0.888. The minimum Gasteiger partial charge on any atom is -0.481 e. The highest BCUT2D eigenvalue weighted by molar-refractivity contribution is 5.93. The Morgan fingerprint density at radius 2 is 2.00 bits per heavy atom. The predicted molar refractivity (Wildman–Crippen MR) is 51.5 cm³/mol. The Morgan fingerprint density at radius 1 is 1.43 bits per heavy atom. The average molecular weight is 195 g/mol. The van der Waals surface area contributed by atoms with E-state index in [2.05, 4.69) is 0 Å². The predicted octanol–water partition coefficient (Wildman–Crippen LogP) is 1.42. The van der Waals surface area contributed by atoms with Crippen molar-refractivity contribution in [3.05, 3.63) is 23.5 Å². The Labute approximate surface area is 82.2 Å². The molecule has 0 bridgehead atoms. The zero-order chi connectivity index (χ0) is 10.9. The Hall–Kier alpha value is -1.58. The van der Waals surface area contributed by atoms with Crippen molar-refractivity contribution >= 4 is 11.8 Å². The molecule has 76 valence electrons. The summed E-state index contributed by atoms with van der Waals surface area (Å²) in [6.07, 6.45) is 0. The summed E-state index contributed by atoms with van der Waals surface area (Å²) in [5, 5.41) is 8.81. The van der Waals surface area contributed by atoms with Gasteiger partial charge in [0.1, 0.15) is 0 Å². The van der Waals surface area contributed by atoms with Crippen LogP contribution < -0.4 is 0 Å². The SMILES string of the molecule is CC(=O)c1ccc(C(C)C(=O)O)n1C. The topological polar surface area (TPSA) is 59.3 Å². The zero-order valence-electron chi connectivity index (χ0n) is 8.44. The number of carbonyl (C=O) groups is 2. The number of rotatable bonds is 3. The number of aromatic nitrogens is 1. The van der Waals surface area contributed by atoms with Crippen molar-refractivity contribution in [2.45, 2.75) is 19.8 Å². The van der Waals surface area contributed by atoms with Crippen LogP contribution in [-0.4, -0.2) is 21.4 Å². The van der Waals surface area contributed by atoms with Crippen LogP contribution in [0.3, 0.4) is 0 Å². The molecule has 0 spiro atoms. The van der Waals surface area contributed by atoms with E-state index in [0.29, 0.717) is 11.4 Å². The molecule has 1 aromatic rings. The summed E-state index contributed by atoms with van der Waals surface area (Å²) < 4.78 is 1.63.